The molecule has 11 heavy (non-hydrogen) atoms. The lowest BCUT2D eigenvalue weighted by Gasteiger charge is -2.07. The van der Waals surface area contributed by atoms with Gasteiger partial charge in [-0.3, -0.25) is 0 Å². The second-order valence-corrected chi connectivity index (χ2v) is 2.82. The van der Waals surface area contributed by atoms with Gasteiger partial charge in [0.25, 0.3) is 0 Å². The van der Waals surface area contributed by atoms with Crippen LogP contribution in [0.25, 0.3) is 0 Å². The summed E-state index contributed by atoms with van der Waals surface area (Å²) in [7, 11) is 0. The number of alkyl carbamates (subject to hydrolysis) is 1. The minimum absolute atomic E-state index is 0.0552. The standard InChI is InChI=1S/C6H9NO3S/c1-4(11)9-2-5-3-10-6(8)7-5/h5H,2-3H2,1H3,(H,7,8). The van der Waals surface area contributed by atoms with Gasteiger partial charge >= 0.3 is 6.09 Å². The molecule has 5 heteroatoms. The van der Waals surface area contributed by atoms with Crippen molar-refractivity contribution in [3.63, 3.8) is 0 Å². The Balaban J connectivity index is 2.18. The summed E-state index contributed by atoms with van der Waals surface area (Å²) < 4.78 is 9.64. The third-order valence-corrected chi connectivity index (χ3v) is 1.34. The molecule has 0 radical (unpaired) electrons. The van der Waals surface area contributed by atoms with Crippen molar-refractivity contribution >= 4 is 23.4 Å². The fraction of sp³-hybridized carbons (Fsp3) is 0.667. The summed E-state index contributed by atoms with van der Waals surface area (Å²) in [5.41, 5.74) is 0. The predicted molar refractivity (Wildman–Crippen MR) is 42.5 cm³/mol. The van der Waals surface area contributed by atoms with Crippen molar-refractivity contribution in [2.45, 2.75) is 13.0 Å². The zero-order chi connectivity index (χ0) is 8.27. The molecular formula is C6H9NO3S. The van der Waals surface area contributed by atoms with E-state index < -0.39 is 0 Å². The van der Waals surface area contributed by atoms with E-state index in [1.165, 1.54) is 0 Å². The molecule has 1 amide bonds. The molecule has 1 rings (SSSR count). The number of carbonyl (C=O) groups is 1. The summed E-state index contributed by atoms with van der Waals surface area (Å²) in [4.78, 5) is 10.5. The number of hydrogen-bond acceptors (Lipinski definition) is 4. The fourth-order valence-corrected chi connectivity index (χ4v) is 0.802. The van der Waals surface area contributed by atoms with Crippen LogP contribution in [0.1, 0.15) is 6.92 Å². The van der Waals surface area contributed by atoms with Gasteiger partial charge < -0.3 is 14.8 Å². The van der Waals surface area contributed by atoms with Crippen molar-refractivity contribution in [2.75, 3.05) is 13.2 Å². The molecule has 1 fully saturated rings. The Morgan fingerprint density at radius 1 is 2.00 bits per heavy atom. The highest BCUT2D eigenvalue weighted by Crippen LogP contribution is 1.98. The number of rotatable bonds is 2. The number of carbonyl (C=O) groups excluding carboxylic acids is 1. The van der Waals surface area contributed by atoms with Gasteiger partial charge in [-0.1, -0.05) is 0 Å². The van der Waals surface area contributed by atoms with Crippen LogP contribution in [0.2, 0.25) is 0 Å². The Morgan fingerprint density at radius 2 is 2.73 bits per heavy atom. The van der Waals surface area contributed by atoms with E-state index in [0.717, 1.165) is 0 Å². The summed E-state index contributed by atoms with van der Waals surface area (Å²) in [5, 5.41) is 3.04. The lowest BCUT2D eigenvalue weighted by molar-refractivity contribution is 0.174. The summed E-state index contributed by atoms with van der Waals surface area (Å²) in [5.74, 6) is 0. The van der Waals surface area contributed by atoms with Crippen molar-refractivity contribution in [3.8, 4) is 0 Å². The quantitative estimate of drug-likeness (QED) is 0.619. The zero-order valence-corrected chi connectivity index (χ0v) is 6.94. The lowest BCUT2D eigenvalue weighted by atomic mass is 10.4. The summed E-state index contributed by atoms with van der Waals surface area (Å²) >= 11 is 4.68. The van der Waals surface area contributed by atoms with Crippen LogP contribution in [0.3, 0.4) is 0 Å². The molecule has 0 aromatic carbocycles. The van der Waals surface area contributed by atoms with E-state index in [2.05, 4.69) is 22.3 Å². The molecule has 1 heterocycles. The number of ether oxygens (including phenoxy) is 2. The molecule has 0 spiro atoms. The predicted octanol–water partition coefficient (Wildman–Crippen LogP) is 0.459. The normalized spacial score (nSPS) is 22.3. The third-order valence-electron chi connectivity index (χ3n) is 1.23. The maximum Gasteiger partial charge on any atom is 0.407 e. The smallest absolute Gasteiger partial charge is 0.407 e. The van der Waals surface area contributed by atoms with Crippen LogP contribution in [-0.2, 0) is 9.47 Å². The topological polar surface area (TPSA) is 47.6 Å². The Hall–Kier alpha value is -0.840. The number of hydrogen-bond donors (Lipinski definition) is 1. The minimum Gasteiger partial charge on any atom is -0.485 e. The number of amides is 1. The average Bonchev–Trinajstić information content (AvgIpc) is 2.31. The average molecular weight is 175 g/mol. The van der Waals surface area contributed by atoms with E-state index in [0.29, 0.717) is 18.3 Å². The van der Waals surface area contributed by atoms with Gasteiger partial charge in [0.05, 0.1) is 0 Å². The van der Waals surface area contributed by atoms with Crippen molar-refractivity contribution in [1.29, 1.82) is 0 Å². The molecule has 1 saturated heterocycles. The van der Waals surface area contributed by atoms with E-state index in [9.17, 15) is 4.79 Å². The van der Waals surface area contributed by atoms with Crippen molar-refractivity contribution in [2.24, 2.45) is 0 Å². The van der Waals surface area contributed by atoms with Crippen LogP contribution in [0, 0.1) is 0 Å². The molecule has 0 bridgehead atoms. The maximum absolute atomic E-state index is 10.5. The highest BCUT2D eigenvalue weighted by Gasteiger charge is 2.22. The van der Waals surface area contributed by atoms with Gasteiger partial charge in [-0.15, -0.1) is 0 Å². The molecule has 4 nitrogen and oxygen atoms in total. The fourth-order valence-electron chi connectivity index (χ4n) is 0.734. The molecule has 1 aliphatic heterocycles. The maximum atomic E-state index is 10.5. The van der Waals surface area contributed by atoms with E-state index in [1.54, 1.807) is 6.92 Å². The monoisotopic (exact) mass is 175 g/mol. The van der Waals surface area contributed by atoms with Crippen LogP contribution in [0.15, 0.2) is 0 Å². The zero-order valence-electron chi connectivity index (χ0n) is 6.12. The molecule has 0 aromatic rings. The van der Waals surface area contributed by atoms with Gasteiger partial charge in [-0.2, -0.15) is 0 Å². The Morgan fingerprint density at radius 3 is 3.18 bits per heavy atom. The molecule has 1 atom stereocenters. The Bertz CT molecular complexity index is 183. The molecule has 1 unspecified atom stereocenters. The molecule has 1 N–H and O–H groups in total. The van der Waals surface area contributed by atoms with Crippen molar-refractivity contribution in [1.82, 2.24) is 5.32 Å². The van der Waals surface area contributed by atoms with E-state index in [4.69, 9.17) is 4.74 Å². The summed E-state index contributed by atoms with van der Waals surface area (Å²) in [6.45, 7) is 2.44. The van der Waals surface area contributed by atoms with Crippen LogP contribution < -0.4 is 5.32 Å². The highest BCUT2D eigenvalue weighted by molar-refractivity contribution is 7.80. The van der Waals surface area contributed by atoms with Crippen molar-refractivity contribution in [3.05, 3.63) is 0 Å². The highest BCUT2D eigenvalue weighted by atomic mass is 32.1. The van der Waals surface area contributed by atoms with Crippen LogP contribution in [-0.4, -0.2) is 30.4 Å². The SMILES string of the molecule is CC(=S)OCC1COC(=O)N1. The molecule has 0 aromatic heterocycles. The summed E-state index contributed by atoms with van der Waals surface area (Å²) in [6, 6.07) is -0.0552. The largest absolute Gasteiger partial charge is 0.485 e. The first-order chi connectivity index (χ1) is 5.18. The van der Waals surface area contributed by atoms with E-state index in [-0.39, 0.29) is 12.1 Å². The Labute approximate surface area is 69.9 Å². The van der Waals surface area contributed by atoms with Crippen LogP contribution in [0.4, 0.5) is 4.79 Å². The minimum atomic E-state index is -0.388. The molecule has 1 aliphatic rings. The van der Waals surface area contributed by atoms with Gasteiger partial charge in [0.15, 0.2) is 5.05 Å². The third kappa shape index (κ3) is 2.71. The van der Waals surface area contributed by atoms with Crippen LogP contribution >= 0.6 is 12.2 Å². The first-order valence-corrected chi connectivity index (χ1v) is 3.66. The van der Waals surface area contributed by atoms with Gasteiger partial charge in [0.1, 0.15) is 19.3 Å². The lowest BCUT2D eigenvalue weighted by Crippen LogP contribution is -2.31. The Kier molecular flexibility index (Phi) is 2.64. The van der Waals surface area contributed by atoms with E-state index in [1.807, 2.05) is 0 Å². The first kappa shape index (κ1) is 8.26. The number of cyclic esters (lactones) is 1. The molecule has 0 aliphatic carbocycles. The van der Waals surface area contributed by atoms with Gasteiger partial charge in [-0.05, 0) is 12.2 Å². The van der Waals surface area contributed by atoms with Crippen molar-refractivity contribution < 1.29 is 14.3 Å². The van der Waals surface area contributed by atoms with Gasteiger partial charge in [0, 0.05) is 6.92 Å². The second kappa shape index (κ2) is 3.52. The van der Waals surface area contributed by atoms with E-state index >= 15 is 0 Å². The van der Waals surface area contributed by atoms with Gasteiger partial charge in [-0.25, -0.2) is 4.79 Å². The molecule has 62 valence electrons. The first-order valence-electron chi connectivity index (χ1n) is 3.25. The second-order valence-electron chi connectivity index (χ2n) is 2.24. The summed E-state index contributed by atoms with van der Waals surface area (Å²) in [6.07, 6.45) is -0.388. The van der Waals surface area contributed by atoms with Gasteiger partial charge in [0.2, 0.25) is 0 Å². The number of nitrogens with one attached hydrogen (secondary N) is 1. The number of thiocarbonyl (C=S) groups is 1. The van der Waals surface area contributed by atoms with Crippen LogP contribution in [0.5, 0.6) is 0 Å². The molecule has 0 saturated carbocycles. The molecular weight excluding hydrogens is 166 g/mol.